The number of amides is 2. The van der Waals surface area contributed by atoms with E-state index in [-0.39, 0.29) is 23.8 Å². The number of carbonyl (C=O) groups excluding carboxylic acids is 2. The van der Waals surface area contributed by atoms with Crippen LogP contribution in [0.2, 0.25) is 0 Å². The summed E-state index contributed by atoms with van der Waals surface area (Å²) in [6.07, 6.45) is 2.01. The lowest BCUT2D eigenvalue weighted by Crippen LogP contribution is -2.53. The summed E-state index contributed by atoms with van der Waals surface area (Å²) in [6.45, 7) is 7.97. The Balaban J connectivity index is 1.79. The summed E-state index contributed by atoms with van der Waals surface area (Å²) < 4.78 is 29.6. The molecule has 0 saturated carbocycles. The Kier molecular flexibility index (Phi) is 11.5. The Bertz CT molecular complexity index is 1670. The number of rotatable bonds is 14. The van der Waals surface area contributed by atoms with Gasteiger partial charge in [-0.15, -0.1) is 0 Å². The zero-order valence-electron chi connectivity index (χ0n) is 26.6. The maximum absolute atomic E-state index is 14.5. The van der Waals surface area contributed by atoms with Crippen LogP contribution in [0.4, 0.5) is 5.69 Å². The fraction of sp³-hybridized carbons (Fsp3) is 0.297. The van der Waals surface area contributed by atoms with E-state index in [2.05, 4.69) is 12.2 Å². The van der Waals surface area contributed by atoms with E-state index in [0.29, 0.717) is 12.2 Å². The van der Waals surface area contributed by atoms with Crippen molar-refractivity contribution in [3.05, 3.63) is 131 Å². The van der Waals surface area contributed by atoms with Gasteiger partial charge in [-0.3, -0.25) is 13.9 Å². The Morgan fingerprint density at radius 1 is 0.778 bits per heavy atom. The second-order valence-electron chi connectivity index (χ2n) is 11.5. The van der Waals surface area contributed by atoms with Gasteiger partial charge in [0.1, 0.15) is 12.6 Å². The lowest BCUT2D eigenvalue weighted by Gasteiger charge is -2.34. The lowest BCUT2D eigenvalue weighted by molar-refractivity contribution is -0.140. The molecule has 45 heavy (non-hydrogen) atoms. The molecule has 4 aromatic carbocycles. The smallest absolute Gasteiger partial charge is 0.264 e. The van der Waals surface area contributed by atoms with Crippen molar-refractivity contribution in [2.24, 2.45) is 0 Å². The first-order chi connectivity index (χ1) is 21.6. The topological polar surface area (TPSA) is 86.8 Å². The molecule has 8 heteroatoms. The van der Waals surface area contributed by atoms with E-state index in [1.807, 2.05) is 87.5 Å². The molecule has 0 aromatic heterocycles. The number of benzene rings is 4. The Hall–Kier alpha value is -4.43. The summed E-state index contributed by atoms with van der Waals surface area (Å²) >= 11 is 0. The average Bonchev–Trinajstić information content (AvgIpc) is 3.04. The fourth-order valence-electron chi connectivity index (χ4n) is 5.09. The van der Waals surface area contributed by atoms with Crippen LogP contribution in [0.3, 0.4) is 0 Å². The summed E-state index contributed by atoms with van der Waals surface area (Å²) in [5.74, 6) is -0.741. The number of carbonyl (C=O) groups is 2. The highest BCUT2D eigenvalue weighted by atomic mass is 32.2. The van der Waals surface area contributed by atoms with Crippen LogP contribution in [0, 0.1) is 20.8 Å². The third kappa shape index (κ3) is 8.82. The Labute approximate surface area is 268 Å². The Morgan fingerprint density at radius 3 is 2.00 bits per heavy atom. The quantitative estimate of drug-likeness (QED) is 0.165. The highest BCUT2D eigenvalue weighted by molar-refractivity contribution is 7.92. The molecule has 236 valence electrons. The zero-order valence-corrected chi connectivity index (χ0v) is 27.4. The number of aryl methyl sites for hydroxylation is 3. The average molecular weight is 626 g/mol. The van der Waals surface area contributed by atoms with Gasteiger partial charge in [0.2, 0.25) is 11.8 Å². The molecule has 4 rings (SSSR count). The van der Waals surface area contributed by atoms with Crippen molar-refractivity contribution in [1.82, 2.24) is 10.2 Å². The molecule has 0 spiro atoms. The normalized spacial score (nSPS) is 11.9. The number of anilines is 1. The molecule has 0 bridgehead atoms. The molecule has 0 unspecified atom stereocenters. The lowest BCUT2D eigenvalue weighted by atomic mass is 10.0. The van der Waals surface area contributed by atoms with Gasteiger partial charge in [0.05, 0.1) is 10.6 Å². The summed E-state index contributed by atoms with van der Waals surface area (Å²) in [4.78, 5) is 30.0. The van der Waals surface area contributed by atoms with E-state index in [0.717, 1.165) is 40.7 Å². The van der Waals surface area contributed by atoms with Gasteiger partial charge in [-0.25, -0.2) is 8.42 Å². The molecule has 7 nitrogen and oxygen atoms in total. The highest BCUT2D eigenvalue weighted by Crippen LogP contribution is 2.27. The molecular weight excluding hydrogens is 582 g/mol. The van der Waals surface area contributed by atoms with Gasteiger partial charge >= 0.3 is 0 Å². The van der Waals surface area contributed by atoms with Crippen LogP contribution < -0.4 is 9.62 Å². The molecule has 0 radical (unpaired) electrons. The molecule has 4 aromatic rings. The molecule has 1 atom stereocenters. The van der Waals surface area contributed by atoms with Crippen LogP contribution in [0.15, 0.2) is 108 Å². The van der Waals surface area contributed by atoms with Crippen molar-refractivity contribution in [3.8, 4) is 0 Å². The molecule has 0 fully saturated rings. The summed E-state index contributed by atoms with van der Waals surface area (Å²) in [7, 11) is -4.14. The first-order valence-corrected chi connectivity index (χ1v) is 16.9. The van der Waals surface area contributed by atoms with Crippen molar-refractivity contribution < 1.29 is 18.0 Å². The number of hydrogen-bond acceptors (Lipinski definition) is 4. The maximum atomic E-state index is 14.5. The third-order valence-corrected chi connectivity index (χ3v) is 9.75. The van der Waals surface area contributed by atoms with Crippen LogP contribution in [-0.4, -0.2) is 44.3 Å². The highest BCUT2D eigenvalue weighted by Gasteiger charge is 2.34. The van der Waals surface area contributed by atoms with E-state index >= 15 is 0 Å². The minimum Gasteiger partial charge on any atom is -0.354 e. The van der Waals surface area contributed by atoms with E-state index in [9.17, 15) is 18.0 Å². The standard InChI is InChI=1S/C37H43N3O4S/c1-5-6-23-38-37(42)35(25-31-13-9-7-10-14-31)39(26-32-15-11-8-12-16-32)36(41)27-40(33-20-19-29(3)30(4)24-33)45(43,44)34-21-17-28(2)18-22-34/h7-22,24,35H,5-6,23,25-27H2,1-4H3,(H,38,42)/t35-/m0/s1. The number of hydrogen-bond donors (Lipinski definition) is 1. The molecule has 0 aliphatic heterocycles. The van der Waals surface area contributed by atoms with Crippen molar-refractivity contribution >= 4 is 27.5 Å². The fourth-order valence-corrected chi connectivity index (χ4v) is 6.49. The third-order valence-electron chi connectivity index (χ3n) is 7.96. The first-order valence-electron chi connectivity index (χ1n) is 15.4. The van der Waals surface area contributed by atoms with Crippen molar-refractivity contribution in [2.45, 2.75) is 64.4 Å². The molecule has 0 saturated heterocycles. The summed E-state index contributed by atoms with van der Waals surface area (Å²) in [5, 5.41) is 3.02. The van der Waals surface area contributed by atoms with Gasteiger partial charge in [-0.1, -0.05) is 97.8 Å². The number of sulfonamides is 1. The Morgan fingerprint density at radius 2 is 1.40 bits per heavy atom. The van der Waals surface area contributed by atoms with Crippen LogP contribution >= 0.6 is 0 Å². The van der Waals surface area contributed by atoms with Gasteiger partial charge in [0, 0.05) is 19.5 Å². The van der Waals surface area contributed by atoms with Crippen molar-refractivity contribution in [1.29, 1.82) is 0 Å². The molecule has 1 N–H and O–H groups in total. The predicted octanol–water partition coefficient (Wildman–Crippen LogP) is 6.36. The van der Waals surface area contributed by atoms with E-state index < -0.39 is 28.5 Å². The van der Waals surface area contributed by atoms with E-state index in [4.69, 9.17) is 0 Å². The van der Waals surface area contributed by atoms with Gasteiger partial charge in [0.25, 0.3) is 10.0 Å². The second kappa shape index (κ2) is 15.5. The van der Waals surface area contributed by atoms with Gasteiger partial charge in [-0.05, 0) is 73.7 Å². The monoisotopic (exact) mass is 625 g/mol. The molecular formula is C37H43N3O4S. The summed E-state index contributed by atoms with van der Waals surface area (Å²) in [5.41, 5.74) is 4.97. The largest absolute Gasteiger partial charge is 0.354 e. The number of nitrogens with zero attached hydrogens (tertiary/aromatic N) is 2. The van der Waals surface area contributed by atoms with Crippen molar-refractivity contribution in [3.63, 3.8) is 0 Å². The van der Waals surface area contributed by atoms with Gasteiger partial charge in [0.15, 0.2) is 0 Å². The molecule has 0 heterocycles. The molecule has 2 amide bonds. The van der Waals surface area contributed by atoms with E-state index in [1.54, 1.807) is 36.4 Å². The number of nitrogens with one attached hydrogen (secondary N) is 1. The van der Waals surface area contributed by atoms with Crippen molar-refractivity contribution in [2.75, 3.05) is 17.4 Å². The van der Waals surface area contributed by atoms with Crippen LogP contribution in [-0.2, 0) is 32.6 Å². The van der Waals surface area contributed by atoms with Crippen LogP contribution in [0.1, 0.15) is 47.6 Å². The first kappa shape index (κ1) is 33.5. The predicted molar refractivity (Wildman–Crippen MR) is 180 cm³/mol. The maximum Gasteiger partial charge on any atom is 0.264 e. The number of unbranched alkanes of at least 4 members (excludes halogenated alkanes) is 1. The summed E-state index contributed by atoms with van der Waals surface area (Å²) in [6, 6.07) is 30.1. The SMILES string of the molecule is CCCCNC(=O)[C@H](Cc1ccccc1)N(Cc1ccccc1)C(=O)CN(c1ccc(C)c(C)c1)S(=O)(=O)c1ccc(C)cc1. The minimum absolute atomic E-state index is 0.0897. The van der Waals surface area contributed by atoms with Gasteiger partial charge < -0.3 is 10.2 Å². The molecule has 0 aliphatic rings. The van der Waals surface area contributed by atoms with E-state index in [1.165, 1.54) is 9.21 Å². The van der Waals surface area contributed by atoms with Gasteiger partial charge in [-0.2, -0.15) is 0 Å². The van der Waals surface area contributed by atoms with Crippen LogP contribution in [0.5, 0.6) is 0 Å². The van der Waals surface area contributed by atoms with Crippen LogP contribution in [0.25, 0.3) is 0 Å². The second-order valence-corrected chi connectivity index (χ2v) is 13.3. The minimum atomic E-state index is -4.14. The molecule has 0 aliphatic carbocycles. The zero-order chi connectivity index (χ0) is 32.4.